The number of nitrogens with one attached hydrogen (secondary N) is 2. The molecule has 2 aromatic rings. The molecule has 0 saturated heterocycles. The van der Waals surface area contributed by atoms with Gasteiger partial charge in [-0.2, -0.15) is 0 Å². The second-order valence-corrected chi connectivity index (χ2v) is 7.05. The molecule has 0 fully saturated rings. The molecule has 8 heteroatoms. The van der Waals surface area contributed by atoms with E-state index < -0.39 is 0 Å². The minimum Gasteiger partial charge on any atom is -0.454 e. The van der Waals surface area contributed by atoms with E-state index in [1.54, 1.807) is 30.4 Å². The van der Waals surface area contributed by atoms with Crippen molar-refractivity contribution >= 4 is 24.0 Å². The van der Waals surface area contributed by atoms with Crippen molar-refractivity contribution in [3.05, 3.63) is 59.7 Å². The molecule has 2 aliphatic rings. The first-order chi connectivity index (χ1) is 15.1. The van der Waals surface area contributed by atoms with Gasteiger partial charge in [0.25, 0.3) is 0 Å². The molecule has 4 rings (SSSR count). The van der Waals surface area contributed by atoms with Crippen LogP contribution in [0.15, 0.2) is 48.6 Å². The Morgan fingerprint density at radius 2 is 1.35 bits per heavy atom. The number of rotatable bonds is 7. The molecular weight excluding hydrogens is 400 g/mol. The molecule has 2 aliphatic heterocycles. The van der Waals surface area contributed by atoms with Gasteiger partial charge < -0.3 is 29.6 Å². The number of hydrogen-bond acceptors (Lipinski definition) is 6. The lowest BCUT2D eigenvalue weighted by Gasteiger charge is -2.12. The monoisotopic (exact) mass is 422 g/mol. The summed E-state index contributed by atoms with van der Waals surface area (Å²) >= 11 is 0. The summed E-state index contributed by atoms with van der Waals surface area (Å²) < 4.78 is 21.2. The van der Waals surface area contributed by atoms with Gasteiger partial charge in [0.05, 0.1) is 0 Å². The Labute approximate surface area is 179 Å². The maximum Gasteiger partial charge on any atom is 0.244 e. The first-order valence-corrected chi connectivity index (χ1v) is 9.80. The Hall–Kier alpha value is -3.94. The number of fused-ring (bicyclic) bond motifs is 2. The van der Waals surface area contributed by atoms with E-state index in [0.717, 1.165) is 11.1 Å². The van der Waals surface area contributed by atoms with E-state index >= 15 is 0 Å². The number of carbonyl (C=O) groups is 2. The third-order valence-corrected chi connectivity index (χ3v) is 4.62. The predicted molar refractivity (Wildman–Crippen MR) is 114 cm³/mol. The zero-order valence-electron chi connectivity index (χ0n) is 16.9. The van der Waals surface area contributed by atoms with E-state index in [9.17, 15) is 9.59 Å². The average molecular weight is 422 g/mol. The summed E-state index contributed by atoms with van der Waals surface area (Å²) in [4.78, 5) is 24.1. The second kappa shape index (κ2) is 9.25. The maximum absolute atomic E-state index is 12.1. The molecule has 0 bridgehead atoms. The highest BCUT2D eigenvalue weighted by Gasteiger charge is 2.13. The van der Waals surface area contributed by atoms with Crippen molar-refractivity contribution in [3.63, 3.8) is 0 Å². The molecule has 2 heterocycles. The SMILES string of the molecule is CC(CNC(=O)/C=C/c1ccc2c(c1)OCO2)NC(=O)/C=C/c1ccc2c(c1)OCO2. The van der Waals surface area contributed by atoms with Crippen molar-refractivity contribution in [2.45, 2.75) is 13.0 Å². The topological polar surface area (TPSA) is 95.1 Å². The fraction of sp³-hybridized carbons (Fsp3) is 0.217. The zero-order valence-corrected chi connectivity index (χ0v) is 16.9. The summed E-state index contributed by atoms with van der Waals surface area (Å²) in [5, 5.41) is 5.57. The number of ether oxygens (including phenoxy) is 4. The zero-order chi connectivity index (χ0) is 21.6. The first kappa shape index (κ1) is 20.3. The highest BCUT2D eigenvalue weighted by molar-refractivity contribution is 5.93. The van der Waals surface area contributed by atoms with Gasteiger partial charge in [-0.1, -0.05) is 12.1 Å². The van der Waals surface area contributed by atoms with Gasteiger partial charge in [0.2, 0.25) is 25.4 Å². The second-order valence-electron chi connectivity index (χ2n) is 7.05. The Kier molecular flexibility index (Phi) is 6.07. The summed E-state index contributed by atoms with van der Waals surface area (Å²) in [6, 6.07) is 10.7. The molecular formula is C23H22N2O6. The van der Waals surface area contributed by atoms with Crippen LogP contribution in [0.25, 0.3) is 12.2 Å². The lowest BCUT2D eigenvalue weighted by molar-refractivity contribution is -0.118. The molecule has 1 atom stereocenters. The van der Waals surface area contributed by atoms with Gasteiger partial charge in [0.15, 0.2) is 23.0 Å². The normalized spacial score (nSPS) is 14.7. The molecule has 0 aliphatic carbocycles. The Balaban J connectivity index is 1.20. The molecule has 1 unspecified atom stereocenters. The van der Waals surface area contributed by atoms with E-state index in [4.69, 9.17) is 18.9 Å². The van der Waals surface area contributed by atoms with E-state index in [1.165, 1.54) is 12.2 Å². The van der Waals surface area contributed by atoms with Crippen molar-refractivity contribution in [3.8, 4) is 23.0 Å². The van der Waals surface area contributed by atoms with E-state index in [-0.39, 0.29) is 31.4 Å². The minimum atomic E-state index is -0.255. The van der Waals surface area contributed by atoms with Crippen LogP contribution in [0, 0.1) is 0 Å². The van der Waals surface area contributed by atoms with E-state index in [0.29, 0.717) is 29.5 Å². The van der Waals surface area contributed by atoms with Gasteiger partial charge >= 0.3 is 0 Å². The van der Waals surface area contributed by atoms with Crippen LogP contribution in [0.2, 0.25) is 0 Å². The predicted octanol–water partition coefficient (Wildman–Crippen LogP) is 2.49. The minimum absolute atomic E-state index is 0.206. The molecule has 2 N–H and O–H groups in total. The largest absolute Gasteiger partial charge is 0.454 e. The smallest absolute Gasteiger partial charge is 0.244 e. The molecule has 160 valence electrons. The van der Waals surface area contributed by atoms with Gasteiger partial charge in [-0.05, 0) is 54.5 Å². The van der Waals surface area contributed by atoms with Crippen molar-refractivity contribution in [1.82, 2.24) is 10.6 Å². The Morgan fingerprint density at radius 3 is 1.94 bits per heavy atom. The average Bonchev–Trinajstić information content (AvgIpc) is 3.43. The molecule has 0 saturated carbocycles. The van der Waals surface area contributed by atoms with Crippen LogP contribution in [-0.2, 0) is 9.59 Å². The number of benzene rings is 2. The van der Waals surface area contributed by atoms with E-state index in [1.807, 2.05) is 25.1 Å². The van der Waals surface area contributed by atoms with E-state index in [2.05, 4.69) is 10.6 Å². The highest BCUT2D eigenvalue weighted by atomic mass is 16.7. The van der Waals surface area contributed by atoms with Gasteiger partial charge in [-0.3, -0.25) is 9.59 Å². The molecule has 0 spiro atoms. The third-order valence-electron chi connectivity index (χ3n) is 4.62. The summed E-state index contributed by atoms with van der Waals surface area (Å²) in [5.41, 5.74) is 1.66. The van der Waals surface area contributed by atoms with Gasteiger partial charge in [0.1, 0.15) is 0 Å². The highest BCUT2D eigenvalue weighted by Crippen LogP contribution is 2.33. The lowest BCUT2D eigenvalue weighted by atomic mass is 10.2. The third kappa shape index (κ3) is 5.36. The number of amides is 2. The van der Waals surface area contributed by atoms with Crippen LogP contribution in [0.5, 0.6) is 23.0 Å². The molecule has 0 aromatic heterocycles. The lowest BCUT2D eigenvalue weighted by Crippen LogP contribution is -2.40. The van der Waals surface area contributed by atoms with Crippen LogP contribution in [-0.4, -0.2) is 38.0 Å². The maximum atomic E-state index is 12.1. The van der Waals surface area contributed by atoms with Crippen molar-refractivity contribution < 1.29 is 28.5 Å². The van der Waals surface area contributed by atoms with Crippen LogP contribution in [0.4, 0.5) is 0 Å². The fourth-order valence-electron chi connectivity index (χ4n) is 3.03. The van der Waals surface area contributed by atoms with Crippen LogP contribution in [0.3, 0.4) is 0 Å². The number of hydrogen-bond donors (Lipinski definition) is 2. The summed E-state index contributed by atoms with van der Waals surface area (Å²) in [5.74, 6) is 2.20. The summed E-state index contributed by atoms with van der Waals surface area (Å²) in [7, 11) is 0. The Bertz CT molecular complexity index is 1050. The van der Waals surface area contributed by atoms with Gasteiger partial charge in [-0.25, -0.2) is 0 Å². The summed E-state index contributed by atoms with van der Waals surface area (Å²) in [6.07, 6.45) is 6.26. The molecule has 2 aromatic carbocycles. The fourth-order valence-corrected chi connectivity index (χ4v) is 3.03. The quantitative estimate of drug-likeness (QED) is 0.666. The van der Waals surface area contributed by atoms with Crippen LogP contribution in [0.1, 0.15) is 18.1 Å². The van der Waals surface area contributed by atoms with Crippen molar-refractivity contribution in [2.24, 2.45) is 0 Å². The number of carbonyl (C=O) groups excluding carboxylic acids is 2. The summed E-state index contributed by atoms with van der Waals surface area (Å²) in [6.45, 7) is 2.53. The van der Waals surface area contributed by atoms with Gasteiger partial charge in [-0.15, -0.1) is 0 Å². The van der Waals surface area contributed by atoms with Crippen molar-refractivity contribution in [2.75, 3.05) is 20.1 Å². The Morgan fingerprint density at radius 1 is 0.839 bits per heavy atom. The van der Waals surface area contributed by atoms with Crippen LogP contribution < -0.4 is 29.6 Å². The molecule has 31 heavy (non-hydrogen) atoms. The first-order valence-electron chi connectivity index (χ1n) is 9.80. The standard InChI is InChI=1S/C23H22N2O6/c1-15(25-23(27)9-5-17-3-7-19-21(11-17)31-14-29-19)12-24-22(26)8-4-16-2-6-18-20(10-16)30-13-28-18/h2-11,15H,12-14H2,1H3,(H,24,26)(H,25,27)/b8-4+,9-5+. The van der Waals surface area contributed by atoms with Crippen LogP contribution >= 0.6 is 0 Å². The molecule has 8 nitrogen and oxygen atoms in total. The molecule has 0 radical (unpaired) electrons. The van der Waals surface area contributed by atoms with Gasteiger partial charge in [0, 0.05) is 24.7 Å². The molecule has 2 amide bonds. The van der Waals surface area contributed by atoms with Crippen molar-refractivity contribution in [1.29, 1.82) is 0 Å².